The van der Waals surface area contributed by atoms with Crippen molar-refractivity contribution in [2.24, 2.45) is 0 Å². The number of hydrogen-bond donors (Lipinski definition) is 0. The molecule has 0 radical (unpaired) electrons. The van der Waals surface area contributed by atoms with Crippen LogP contribution in [-0.4, -0.2) is 66.4 Å². The minimum atomic E-state index is -0.248. The third-order valence-electron chi connectivity index (χ3n) is 6.47. The molecule has 2 aliphatic rings. The molecule has 0 aliphatic carbocycles. The van der Waals surface area contributed by atoms with E-state index in [2.05, 4.69) is 9.80 Å². The number of benzene rings is 2. The molecule has 7 heteroatoms. The number of halogens is 3. The highest BCUT2D eigenvalue weighted by atomic mass is 35.5. The fourth-order valence-corrected chi connectivity index (χ4v) is 4.73. The van der Waals surface area contributed by atoms with Gasteiger partial charge < -0.3 is 9.80 Å². The Morgan fingerprint density at radius 2 is 1.28 bits per heavy atom. The lowest BCUT2D eigenvalue weighted by atomic mass is 9.96. The Labute approximate surface area is 195 Å². The third-order valence-corrected chi connectivity index (χ3v) is 6.47. The molecule has 174 valence electrons. The zero-order valence-corrected chi connectivity index (χ0v) is 19.2. The molecule has 0 spiro atoms. The second-order valence-electron chi connectivity index (χ2n) is 8.57. The lowest BCUT2D eigenvalue weighted by Gasteiger charge is -2.40. The Kier molecular flexibility index (Phi) is 9.02. The van der Waals surface area contributed by atoms with Crippen LogP contribution in [0, 0.1) is 11.6 Å². The van der Waals surface area contributed by atoms with E-state index in [1.807, 2.05) is 29.2 Å². The van der Waals surface area contributed by atoms with Crippen LogP contribution in [0.15, 0.2) is 48.5 Å². The number of amides is 1. The Hall–Kier alpha value is -2.02. The molecular formula is C25H32ClF2N3O. The summed E-state index contributed by atoms with van der Waals surface area (Å²) in [6.07, 6.45) is 3.87. The SMILES string of the molecule is Cl.O=C1CCCN1CCCCN1CCN(C(c2ccc(F)cc2)c2ccc(F)cc2)CC1. The first-order valence-electron chi connectivity index (χ1n) is 11.4. The van der Waals surface area contributed by atoms with Crippen LogP contribution in [-0.2, 0) is 4.79 Å². The van der Waals surface area contributed by atoms with Crippen molar-refractivity contribution in [3.05, 3.63) is 71.3 Å². The molecule has 32 heavy (non-hydrogen) atoms. The van der Waals surface area contributed by atoms with Gasteiger partial charge in [0, 0.05) is 45.7 Å². The summed E-state index contributed by atoms with van der Waals surface area (Å²) in [5.41, 5.74) is 2.05. The van der Waals surface area contributed by atoms with Gasteiger partial charge >= 0.3 is 0 Å². The summed E-state index contributed by atoms with van der Waals surface area (Å²) in [5.74, 6) is -0.189. The van der Waals surface area contributed by atoms with Gasteiger partial charge in [-0.05, 0) is 61.2 Å². The molecule has 2 aromatic carbocycles. The van der Waals surface area contributed by atoms with Crippen LogP contribution >= 0.6 is 12.4 Å². The van der Waals surface area contributed by atoms with Crippen LogP contribution in [0.4, 0.5) is 8.78 Å². The number of piperazine rings is 1. The normalized spacial score (nSPS) is 17.7. The minimum absolute atomic E-state index is 0. The van der Waals surface area contributed by atoms with Gasteiger partial charge in [-0.2, -0.15) is 0 Å². The second-order valence-corrected chi connectivity index (χ2v) is 8.57. The highest BCUT2D eigenvalue weighted by Gasteiger charge is 2.26. The van der Waals surface area contributed by atoms with Crippen LogP contribution < -0.4 is 0 Å². The molecule has 0 N–H and O–H groups in total. The van der Waals surface area contributed by atoms with Crippen molar-refractivity contribution in [2.75, 3.05) is 45.8 Å². The predicted molar refractivity (Wildman–Crippen MR) is 125 cm³/mol. The number of likely N-dealkylation sites (tertiary alicyclic amines) is 1. The molecule has 0 aromatic heterocycles. The topological polar surface area (TPSA) is 26.8 Å². The molecule has 0 unspecified atom stereocenters. The van der Waals surface area contributed by atoms with Crippen LogP contribution in [0.1, 0.15) is 42.9 Å². The zero-order valence-electron chi connectivity index (χ0n) is 18.4. The highest BCUT2D eigenvalue weighted by molar-refractivity contribution is 5.85. The molecule has 4 nitrogen and oxygen atoms in total. The average Bonchev–Trinajstić information content (AvgIpc) is 3.20. The van der Waals surface area contributed by atoms with Crippen LogP contribution in [0.25, 0.3) is 0 Å². The number of carbonyl (C=O) groups is 1. The first-order chi connectivity index (χ1) is 15.1. The van der Waals surface area contributed by atoms with Gasteiger partial charge in [0.05, 0.1) is 6.04 Å². The summed E-state index contributed by atoms with van der Waals surface area (Å²) >= 11 is 0. The van der Waals surface area contributed by atoms with Crippen molar-refractivity contribution in [3.8, 4) is 0 Å². The van der Waals surface area contributed by atoms with E-state index in [0.717, 1.165) is 76.2 Å². The van der Waals surface area contributed by atoms with Crippen molar-refractivity contribution < 1.29 is 13.6 Å². The van der Waals surface area contributed by atoms with E-state index in [4.69, 9.17) is 0 Å². The number of nitrogens with zero attached hydrogens (tertiary/aromatic N) is 3. The van der Waals surface area contributed by atoms with E-state index in [0.29, 0.717) is 12.3 Å². The summed E-state index contributed by atoms with van der Waals surface area (Å²) in [7, 11) is 0. The average molecular weight is 464 g/mol. The predicted octanol–water partition coefficient (Wildman–Crippen LogP) is 4.50. The summed E-state index contributed by atoms with van der Waals surface area (Å²) in [6.45, 7) is 6.62. The Bertz CT molecular complexity index is 809. The largest absolute Gasteiger partial charge is 0.343 e. The quantitative estimate of drug-likeness (QED) is 0.539. The number of hydrogen-bond acceptors (Lipinski definition) is 3. The van der Waals surface area contributed by atoms with E-state index >= 15 is 0 Å². The molecule has 0 saturated carbocycles. The van der Waals surface area contributed by atoms with Crippen LogP contribution in [0.5, 0.6) is 0 Å². The molecule has 4 rings (SSSR count). The van der Waals surface area contributed by atoms with Gasteiger partial charge in [0.1, 0.15) is 11.6 Å². The number of carbonyl (C=O) groups excluding carboxylic acids is 1. The van der Waals surface area contributed by atoms with E-state index in [9.17, 15) is 13.6 Å². The lowest BCUT2D eigenvalue weighted by Crippen LogP contribution is -2.48. The fourth-order valence-electron chi connectivity index (χ4n) is 4.73. The van der Waals surface area contributed by atoms with Gasteiger partial charge in [0.25, 0.3) is 0 Å². The van der Waals surface area contributed by atoms with Gasteiger partial charge in [0.2, 0.25) is 5.91 Å². The van der Waals surface area contributed by atoms with Crippen molar-refractivity contribution in [3.63, 3.8) is 0 Å². The van der Waals surface area contributed by atoms with E-state index < -0.39 is 0 Å². The summed E-state index contributed by atoms with van der Waals surface area (Å²) in [4.78, 5) is 18.6. The summed E-state index contributed by atoms with van der Waals surface area (Å²) in [5, 5.41) is 0. The maximum Gasteiger partial charge on any atom is 0.222 e. The molecule has 2 heterocycles. The third kappa shape index (κ3) is 6.27. The van der Waals surface area contributed by atoms with Crippen LogP contribution in [0.2, 0.25) is 0 Å². The van der Waals surface area contributed by atoms with Gasteiger partial charge in [-0.15, -0.1) is 12.4 Å². The molecule has 1 amide bonds. The summed E-state index contributed by atoms with van der Waals surface area (Å²) < 4.78 is 27.0. The molecule has 2 aliphatic heterocycles. The zero-order chi connectivity index (χ0) is 21.6. The number of rotatable bonds is 8. The maximum absolute atomic E-state index is 13.5. The van der Waals surface area contributed by atoms with E-state index in [1.54, 1.807) is 0 Å². The Morgan fingerprint density at radius 1 is 0.750 bits per heavy atom. The van der Waals surface area contributed by atoms with Gasteiger partial charge in [-0.3, -0.25) is 9.69 Å². The van der Waals surface area contributed by atoms with Gasteiger partial charge in [-0.1, -0.05) is 24.3 Å². The van der Waals surface area contributed by atoms with Gasteiger partial charge in [0.15, 0.2) is 0 Å². The van der Waals surface area contributed by atoms with Crippen molar-refractivity contribution in [1.29, 1.82) is 0 Å². The van der Waals surface area contributed by atoms with Crippen molar-refractivity contribution >= 4 is 18.3 Å². The van der Waals surface area contributed by atoms with E-state index in [-0.39, 0.29) is 30.1 Å². The monoisotopic (exact) mass is 463 g/mol. The molecule has 0 bridgehead atoms. The van der Waals surface area contributed by atoms with E-state index in [1.165, 1.54) is 24.3 Å². The standard InChI is InChI=1S/C25H31F2N3O.ClH/c26-22-9-5-20(6-10-22)25(21-7-11-23(27)12-8-21)30-18-16-28(17-19-30)13-1-2-14-29-15-3-4-24(29)31;/h5-12,25H,1-4,13-19H2;1H. The first-order valence-corrected chi connectivity index (χ1v) is 11.4. The molecule has 0 atom stereocenters. The maximum atomic E-state index is 13.5. The molecular weight excluding hydrogens is 432 g/mol. The van der Waals surface area contributed by atoms with Crippen molar-refractivity contribution in [1.82, 2.24) is 14.7 Å². The molecule has 2 aromatic rings. The molecule has 2 saturated heterocycles. The van der Waals surface area contributed by atoms with Crippen LogP contribution in [0.3, 0.4) is 0 Å². The molecule has 2 fully saturated rings. The fraction of sp³-hybridized carbons (Fsp3) is 0.480. The Morgan fingerprint density at radius 3 is 1.78 bits per heavy atom. The highest BCUT2D eigenvalue weighted by Crippen LogP contribution is 2.30. The Balaban J connectivity index is 0.00000289. The summed E-state index contributed by atoms with van der Waals surface area (Å²) in [6, 6.07) is 13.3. The lowest BCUT2D eigenvalue weighted by molar-refractivity contribution is -0.127. The first kappa shape index (κ1) is 24.6. The van der Waals surface area contributed by atoms with Gasteiger partial charge in [-0.25, -0.2) is 8.78 Å². The minimum Gasteiger partial charge on any atom is -0.343 e. The van der Waals surface area contributed by atoms with Crippen molar-refractivity contribution in [2.45, 2.75) is 31.7 Å². The number of unbranched alkanes of at least 4 members (excludes halogenated alkanes) is 1. The second kappa shape index (κ2) is 11.7. The smallest absolute Gasteiger partial charge is 0.222 e.